The maximum absolute atomic E-state index is 13.8. The number of hydrogen-bond donors (Lipinski definition) is 2. The van der Waals surface area contributed by atoms with E-state index >= 15 is 0 Å². The van der Waals surface area contributed by atoms with Crippen LogP contribution < -0.4 is 0 Å². The van der Waals surface area contributed by atoms with Gasteiger partial charge in [-0.05, 0) is 37.3 Å². The highest BCUT2D eigenvalue weighted by Gasteiger charge is 2.58. The van der Waals surface area contributed by atoms with E-state index in [1.165, 1.54) is 10.9 Å². The zero-order valence-corrected chi connectivity index (χ0v) is 20.6. The SMILES string of the molecule is O=S1(=O)CCC(CO[C@@H]2[C@@H](n3cc(-c4cc(F)c(F)c(F)c4)nn3)[C@@H](O)[C@@H](CO)O[C@@]23CCCO3)CC1. The van der Waals surface area contributed by atoms with Gasteiger partial charge in [-0.1, -0.05) is 5.21 Å². The quantitative estimate of drug-likeness (QED) is 0.515. The summed E-state index contributed by atoms with van der Waals surface area (Å²) in [6.07, 6.45) is -0.0412. The van der Waals surface area contributed by atoms with E-state index in [-0.39, 0.29) is 35.3 Å². The molecule has 1 aromatic heterocycles. The third kappa shape index (κ3) is 5.14. The molecule has 0 unspecified atom stereocenters. The monoisotopic (exact) mass is 547 g/mol. The molecule has 3 saturated heterocycles. The van der Waals surface area contributed by atoms with Crippen LogP contribution in [0.4, 0.5) is 13.2 Å². The Kier molecular flexibility index (Phi) is 7.33. The molecule has 1 aromatic carbocycles. The van der Waals surface area contributed by atoms with Crippen molar-refractivity contribution in [1.82, 2.24) is 15.0 Å². The van der Waals surface area contributed by atoms with Gasteiger partial charge < -0.3 is 24.4 Å². The summed E-state index contributed by atoms with van der Waals surface area (Å²) in [6, 6.07) is 0.597. The maximum Gasteiger partial charge on any atom is 0.197 e. The van der Waals surface area contributed by atoms with Gasteiger partial charge in [-0.2, -0.15) is 0 Å². The van der Waals surface area contributed by atoms with Crippen LogP contribution in [0.3, 0.4) is 0 Å². The van der Waals surface area contributed by atoms with Gasteiger partial charge >= 0.3 is 0 Å². The summed E-state index contributed by atoms with van der Waals surface area (Å²) >= 11 is 0. The molecule has 204 valence electrons. The summed E-state index contributed by atoms with van der Waals surface area (Å²) in [5, 5.41) is 29.1. The van der Waals surface area contributed by atoms with Gasteiger partial charge in [-0.3, -0.25) is 0 Å². The summed E-state index contributed by atoms with van der Waals surface area (Å²) in [4.78, 5) is 0. The summed E-state index contributed by atoms with van der Waals surface area (Å²) in [5.74, 6) is -5.58. The number of aromatic nitrogens is 3. The fourth-order valence-corrected chi connectivity index (χ4v) is 6.86. The third-order valence-corrected chi connectivity index (χ3v) is 9.02. The number of halogens is 3. The van der Waals surface area contributed by atoms with Crippen molar-refractivity contribution < 1.29 is 46.0 Å². The van der Waals surface area contributed by atoms with E-state index in [1.807, 2.05) is 0 Å². The number of hydrogen-bond acceptors (Lipinski definition) is 9. The van der Waals surface area contributed by atoms with Gasteiger partial charge in [0.05, 0.1) is 37.5 Å². The van der Waals surface area contributed by atoms with Crippen molar-refractivity contribution in [2.45, 2.75) is 55.8 Å². The normalized spacial score (nSPS) is 32.2. The fourth-order valence-electron chi connectivity index (χ4n) is 5.27. The fraction of sp³-hybridized carbons (Fsp3) is 0.652. The molecule has 3 aliphatic rings. The Labute approximate surface area is 211 Å². The first-order valence-corrected chi connectivity index (χ1v) is 13.9. The average Bonchev–Trinajstić information content (AvgIpc) is 3.54. The largest absolute Gasteiger partial charge is 0.394 e. The number of aliphatic hydroxyl groups is 2. The molecule has 4 heterocycles. The van der Waals surface area contributed by atoms with Crippen LogP contribution in [0.15, 0.2) is 18.3 Å². The first kappa shape index (κ1) is 26.5. The summed E-state index contributed by atoms with van der Waals surface area (Å²) < 4.78 is 84.2. The summed E-state index contributed by atoms with van der Waals surface area (Å²) in [6.45, 7) is 0.0166. The summed E-state index contributed by atoms with van der Waals surface area (Å²) in [5.41, 5.74) is -0.0368. The van der Waals surface area contributed by atoms with Gasteiger partial charge in [-0.25, -0.2) is 26.3 Å². The number of aliphatic hydroxyl groups excluding tert-OH is 2. The van der Waals surface area contributed by atoms with E-state index in [0.29, 0.717) is 32.3 Å². The van der Waals surface area contributed by atoms with Gasteiger partial charge in [-0.15, -0.1) is 5.10 Å². The Bertz CT molecular complexity index is 1200. The van der Waals surface area contributed by atoms with Gasteiger partial charge in [0.15, 0.2) is 23.2 Å². The van der Waals surface area contributed by atoms with Gasteiger partial charge in [0, 0.05) is 12.0 Å². The van der Waals surface area contributed by atoms with Crippen LogP contribution in [0, 0.1) is 23.4 Å². The Morgan fingerprint density at radius 2 is 1.89 bits per heavy atom. The lowest BCUT2D eigenvalue weighted by Gasteiger charge is -2.49. The van der Waals surface area contributed by atoms with Crippen molar-refractivity contribution in [2.24, 2.45) is 5.92 Å². The highest BCUT2D eigenvalue weighted by atomic mass is 32.2. The van der Waals surface area contributed by atoms with E-state index in [1.54, 1.807) is 0 Å². The third-order valence-electron chi connectivity index (χ3n) is 7.30. The lowest BCUT2D eigenvalue weighted by molar-refractivity contribution is -0.347. The molecule has 0 aliphatic carbocycles. The molecular formula is C23H28F3N3O7S. The van der Waals surface area contributed by atoms with Crippen LogP contribution in [0.2, 0.25) is 0 Å². The Balaban J connectivity index is 1.46. The predicted molar refractivity (Wildman–Crippen MR) is 121 cm³/mol. The number of ether oxygens (including phenoxy) is 3. The van der Waals surface area contributed by atoms with E-state index in [0.717, 1.165) is 12.1 Å². The molecule has 1 spiro atoms. The van der Waals surface area contributed by atoms with Crippen molar-refractivity contribution >= 4 is 9.84 Å². The second kappa shape index (κ2) is 10.2. The zero-order chi connectivity index (χ0) is 26.4. The second-order valence-electron chi connectivity index (χ2n) is 9.77. The molecule has 14 heteroatoms. The predicted octanol–water partition coefficient (Wildman–Crippen LogP) is 1.37. The maximum atomic E-state index is 13.8. The number of nitrogens with zero attached hydrogens (tertiary/aromatic N) is 3. The molecule has 2 N–H and O–H groups in total. The highest BCUT2D eigenvalue weighted by molar-refractivity contribution is 7.91. The van der Waals surface area contributed by atoms with Crippen LogP contribution in [0.5, 0.6) is 0 Å². The lowest BCUT2D eigenvalue weighted by Crippen LogP contribution is -2.63. The standard InChI is InChI=1S/C23H28F3N3O7S/c24-15-8-14(9-16(25)19(15)26)17-10-29(28-27-17)20-21(31)18(11-30)36-23(4-1-5-35-23)22(20)34-12-13-2-6-37(32,33)7-3-13/h8-10,13,18,20-22,30-31H,1-7,11-12H2/t18-,20+,21+,22-,23+/m1/s1. The molecule has 3 fully saturated rings. The van der Waals surface area contributed by atoms with Crippen molar-refractivity contribution in [3.05, 3.63) is 35.8 Å². The Hall–Kier alpha value is -2.10. The van der Waals surface area contributed by atoms with Gasteiger partial charge in [0.25, 0.3) is 0 Å². The minimum atomic E-state index is -3.06. The number of sulfone groups is 1. The molecule has 5 atom stereocenters. The van der Waals surface area contributed by atoms with Crippen LogP contribution >= 0.6 is 0 Å². The topological polar surface area (TPSA) is 133 Å². The molecule has 0 bridgehead atoms. The van der Waals surface area contributed by atoms with Crippen LogP contribution in [0.1, 0.15) is 31.7 Å². The van der Waals surface area contributed by atoms with Crippen LogP contribution in [-0.2, 0) is 24.0 Å². The first-order chi connectivity index (χ1) is 17.6. The molecule has 3 aliphatic heterocycles. The van der Waals surface area contributed by atoms with E-state index < -0.39 is 64.0 Å². The Morgan fingerprint density at radius 1 is 1.19 bits per heavy atom. The second-order valence-corrected chi connectivity index (χ2v) is 12.1. The molecule has 37 heavy (non-hydrogen) atoms. The summed E-state index contributed by atoms with van der Waals surface area (Å²) in [7, 11) is -3.06. The number of benzene rings is 1. The zero-order valence-electron chi connectivity index (χ0n) is 19.8. The molecule has 5 rings (SSSR count). The van der Waals surface area contributed by atoms with Crippen LogP contribution in [-0.4, -0.2) is 89.1 Å². The van der Waals surface area contributed by atoms with Crippen molar-refractivity contribution in [3.63, 3.8) is 0 Å². The van der Waals surface area contributed by atoms with E-state index in [4.69, 9.17) is 14.2 Å². The van der Waals surface area contributed by atoms with Crippen LogP contribution in [0.25, 0.3) is 11.3 Å². The smallest absolute Gasteiger partial charge is 0.197 e. The minimum absolute atomic E-state index is 0.0228. The molecule has 0 saturated carbocycles. The lowest BCUT2D eigenvalue weighted by atomic mass is 9.88. The molecule has 0 radical (unpaired) electrons. The minimum Gasteiger partial charge on any atom is -0.394 e. The van der Waals surface area contributed by atoms with Gasteiger partial charge in [0.1, 0.15) is 39.9 Å². The van der Waals surface area contributed by atoms with Crippen molar-refractivity contribution in [3.8, 4) is 11.3 Å². The molecular weight excluding hydrogens is 519 g/mol. The number of rotatable bonds is 6. The average molecular weight is 548 g/mol. The van der Waals surface area contributed by atoms with Gasteiger partial charge in [0.2, 0.25) is 0 Å². The van der Waals surface area contributed by atoms with E-state index in [2.05, 4.69) is 10.3 Å². The van der Waals surface area contributed by atoms with Crippen molar-refractivity contribution in [2.75, 3.05) is 31.3 Å². The van der Waals surface area contributed by atoms with Crippen molar-refractivity contribution in [1.29, 1.82) is 0 Å². The Morgan fingerprint density at radius 3 is 2.51 bits per heavy atom. The molecule has 10 nitrogen and oxygen atoms in total. The highest BCUT2D eigenvalue weighted by Crippen LogP contribution is 2.45. The molecule has 2 aromatic rings. The van der Waals surface area contributed by atoms with E-state index in [9.17, 15) is 31.8 Å². The molecule has 0 amide bonds. The first-order valence-electron chi connectivity index (χ1n) is 12.1.